The predicted octanol–water partition coefficient (Wildman–Crippen LogP) is 3.42. The molecule has 0 aliphatic carbocycles. The van der Waals surface area contributed by atoms with Crippen LogP contribution in [0.15, 0.2) is 73.1 Å². The van der Waals surface area contributed by atoms with E-state index >= 15 is 0 Å². The summed E-state index contributed by atoms with van der Waals surface area (Å²) in [5, 5.41) is 0. The van der Waals surface area contributed by atoms with E-state index in [1.807, 2.05) is 71.4 Å². The van der Waals surface area contributed by atoms with Gasteiger partial charge in [0.2, 0.25) is 5.78 Å². The molecule has 0 atom stereocenters. The van der Waals surface area contributed by atoms with E-state index < -0.39 is 0 Å². The van der Waals surface area contributed by atoms with Crippen LogP contribution in [0.1, 0.15) is 21.7 Å². The highest BCUT2D eigenvalue weighted by molar-refractivity contribution is 6.08. The maximum Gasteiger partial charge on any atom is 0.209 e. The largest absolute Gasteiger partial charge is 0.492 e. The van der Waals surface area contributed by atoms with Gasteiger partial charge in [-0.05, 0) is 48.5 Å². The van der Waals surface area contributed by atoms with E-state index in [0.29, 0.717) is 24.4 Å². The summed E-state index contributed by atoms with van der Waals surface area (Å²) in [5.41, 5.74) is 3.76. The molecular weight excluding hydrogens is 416 g/mol. The molecule has 2 aromatic carbocycles. The Bertz CT molecular complexity index is 1230. The normalized spacial score (nSPS) is 14.4. The summed E-state index contributed by atoms with van der Waals surface area (Å²) >= 11 is 0. The van der Waals surface area contributed by atoms with Gasteiger partial charge in [0.15, 0.2) is 0 Å². The highest BCUT2D eigenvalue weighted by atomic mass is 16.5. The van der Waals surface area contributed by atoms with Gasteiger partial charge in [-0.15, -0.1) is 0 Å². The van der Waals surface area contributed by atoms with E-state index in [4.69, 9.17) is 9.47 Å². The quantitative estimate of drug-likeness (QED) is 0.390. The highest BCUT2D eigenvalue weighted by Crippen LogP contribution is 2.17. The molecule has 1 saturated heterocycles. The summed E-state index contributed by atoms with van der Waals surface area (Å²) in [4.78, 5) is 24.6. The van der Waals surface area contributed by atoms with Gasteiger partial charge in [-0.2, -0.15) is 0 Å². The SMILES string of the molecule is O=C(c1ccc(OCCN2CCOCC2)cc1)c1cccn1Cc1cnc2ccccc2n1. The summed E-state index contributed by atoms with van der Waals surface area (Å²) in [5.74, 6) is 0.732. The lowest BCUT2D eigenvalue weighted by atomic mass is 10.1. The van der Waals surface area contributed by atoms with Crippen molar-refractivity contribution in [2.45, 2.75) is 6.54 Å². The van der Waals surface area contributed by atoms with Crippen LogP contribution in [0.4, 0.5) is 0 Å². The average Bonchev–Trinajstić information content (AvgIpc) is 3.33. The lowest BCUT2D eigenvalue weighted by Gasteiger charge is -2.26. The molecule has 5 rings (SSSR count). The third-order valence-electron chi connectivity index (χ3n) is 5.79. The van der Waals surface area contributed by atoms with Gasteiger partial charge in [0.25, 0.3) is 0 Å². The maximum atomic E-state index is 13.1. The highest BCUT2D eigenvalue weighted by Gasteiger charge is 2.15. The van der Waals surface area contributed by atoms with Crippen molar-refractivity contribution >= 4 is 16.8 Å². The zero-order chi connectivity index (χ0) is 22.5. The Hall–Kier alpha value is -3.55. The second-order valence-electron chi connectivity index (χ2n) is 8.03. The van der Waals surface area contributed by atoms with Gasteiger partial charge in [0.05, 0.1) is 48.4 Å². The van der Waals surface area contributed by atoms with Gasteiger partial charge in [-0.25, -0.2) is 4.98 Å². The first-order valence-corrected chi connectivity index (χ1v) is 11.2. The van der Waals surface area contributed by atoms with Crippen molar-refractivity contribution in [2.24, 2.45) is 0 Å². The van der Waals surface area contributed by atoms with Crippen LogP contribution < -0.4 is 4.74 Å². The summed E-state index contributed by atoms with van der Waals surface area (Å²) in [6.07, 6.45) is 3.66. The topological polar surface area (TPSA) is 69.5 Å². The molecule has 0 N–H and O–H groups in total. The Morgan fingerprint density at radius 2 is 1.76 bits per heavy atom. The smallest absolute Gasteiger partial charge is 0.209 e. The van der Waals surface area contributed by atoms with Crippen LogP contribution in [-0.2, 0) is 11.3 Å². The maximum absolute atomic E-state index is 13.1. The van der Waals surface area contributed by atoms with E-state index in [2.05, 4.69) is 14.9 Å². The average molecular weight is 443 g/mol. The van der Waals surface area contributed by atoms with E-state index in [1.165, 1.54) is 0 Å². The molecule has 1 fully saturated rings. The molecule has 0 amide bonds. The van der Waals surface area contributed by atoms with Crippen LogP contribution in [0.2, 0.25) is 0 Å². The minimum absolute atomic E-state index is 0.0337. The molecule has 0 saturated carbocycles. The Morgan fingerprint density at radius 1 is 0.970 bits per heavy atom. The minimum Gasteiger partial charge on any atom is -0.492 e. The second kappa shape index (κ2) is 9.94. The number of morpholine rings is 1. The number of fused-ring (bicyclic) bond motifs is 1. The molecule has 3 heterocycles. The number of ketones is 1. The molecule has 33 heavy (non-hydrogen) atoms. The van der Waals surface area contributed by atoms with Gasteiger partial charge >= 0.3 is 0 Å². The van der Waals surface area contributed by atoms with Crippen molar-refractivity contribution in [1.82, 2.24) is 19.4 Å². The Labute approximate surface area is 192 Å². The lowest BCUT2D eigenvalue weighted by Crippen LogP contribution is -2.38. The number of hydrogen-bond acceptors (Lipinski definition) is 6. The van der Waals surface area contributed by atoms with Gasteiger partial charge < -0.3 is 14.0 Å². The third-order valence-corrected chi connectivity index (χ3v) is 5.79. The fraction of sp³-hybridized carbons (Fsp3) is 0.269. The van der Waals surface area contributed by atoms with Crippen molar-refractivity contribution in [1.29, 1.82) is 0 Å². The molecule has 168 valence electrons. The van der Waals surface area contributed by atoms with Gasteiger partial charge in [-0.1, -0.05) is 12.1 Å². The summed E-state index contributed by atoms with van der Waals surface area (Å²) in [7, 11) is 0. The van der Waals surface area contributed by atoms with Gasteiger partial charge in [-0.3, -0.25) is 14.7 Å². The Balaban J connectivity index is 1.23. The van der Waals surface area contributed by atoms with Crippen molar-refractivity contribution in [3.63, 3.8) is 0 Å². The molecule has 0 unspecified atom stereocenters. The molecule has 7 nitrogen and oxygen atoms in total. The molecule has 2 aromatic heterocycles. The fourth-order valence-electron chi connectivity index (χ4n) is 3.97. The first-order valence-electron chi connectivity index (χ1n) is 11.2. The number of para-hydroxylation sites is 2. The zero-order valence-electron chi connectivity index (χ0n) is 18.4. The summed E-state index contributed by atoms with van der Waals surface area (Å²) in [6, 6.07) is 18.8. The van der Waals surface area contributed by atoms with Crippen LogP contribution >= 0.6 is 0 Å². The van der Waals surface area contributed by atoms with Gasteiger partial charge in [0.1, 0.15) is 12.4 Å². The van der Waals surface area contributed by atoms with Crippen LogP contribution in [0.5, 0.6) is 5.75 Å². The van der Waals surface area contributed by atoms with Gasteiger partial charge in [0, 0.05) is 31.4 Å². The number of hydrogen-bond donors (Lipinski definition) is 0. The molecule has 0 radical (unpaired) electrons. The monoisotopic (exact) mass is 442 g/mol. The van der Waals surface area contributed by atoms with Crippen molar-refractivity contribution in [2.75, 3.05) is 39.5 Å². The lowest BCUT2D eigenvalue weighted by molar-refractivity contribution is 0.0322. The van der Waals surface area contributed by atoms with Crippen molar-refractivity contribution < 1.29 is 14.3 Å². The van der Waals surface area contributed by atoms with Crippen molar-refractivity contribution in [3.8, 4) is 5.75 Å². The number of carbonyl (C=O) groups excluding carboxylic acids is 1. The second-order valence-corrected chi connectivity index (χ2v) is 8.03. The molecule has 0 spiro atoms. The number of rotatable bonds is 8. The minimum atomic E-state index is -0.0337. The number of benzene rings is 2. The number of ether oxygens (including phenoxy) is 2. The van der Waals surface area contributed by atoms with Crippen molar-refractivity contribution in [3.05, 3.63) is 90.0 Å². The molecule has 0 bridgehead atoms. The number of nitrogens with zero attached hydrogens (tertiary/aromatic N) is 4. The first kappa shape index (κ1) is 21.3. The van der Waals surface area contributed by atoms with E-state index in [-0.39, 0.29) is 5.78 Å². The molecule has 1 aliphatic heterocycles. The third kappa shape index (κ3) is 5.10. The first-order chi connectivity index (χ1) is 16.3. The molecule has 7 heteroatoms. The standard InChI is InChI=1S/C26H26N4O3/c31-26(20-7-9-22(10-8-20)33-17-14-29-12-15-32-16-13-29)25-6-3-11-30(25)19-21-18-27-23-4-1-2-5-24(23)28-21/h1-11,18H,12-17,19H2. The van der Waals surface area contributed by atoms with Crippen LogP contribution in [0, 0.1) is 0 Å². The Kier molecular flexibility index (Phi) is 6.41. The summed E-state index contributed by atoms with van der Waals surface area (Å²) in [6.45, 7) is 5.42. The van der Waals surface area contributed by atoms with E-state index in [1.54, 1.807) is 6.20 Å². The van der Waals surface area contributed by atoms with Crippen LogP contribution in [0.25, 0.3) is 11.0 Å². The number of carbonyl (C=O) groups is 1. The van der Waals surface area contributed by atoms with Crippen LogP contribution in [0.3, 0.4) is 0 Å². The number of aromatic nitrogens is 3. The van der Waals surface area contributed by atoms with Crippen LogP contribution in [-0.4, -0.2) is 64.7 Å². The zero-order valence-corrected chi connectivity index (χ0v) is 18.4. The summed E-state index contributed by atoms with van der Waals surface area (Å²) < 4.78 is 13.1. The van der Waals surface area contributed by atoms with E-state index in [0.717, 1.165) is 55.3 Å². The predicted molar refractivity (Wildman–Crippen MR) is 126 cm³/mol. The fourth-order valence-corrected chi connectivity index (χ4v) is 3.97. The molecule has 4 aromatic rings. The molecule has 1 aliphatic rings. The van der Waals surface area contributed by atoms with E-state index in [9.17, 15) is 4.79 Å². The molecular formula is C26H26N4O3. The Morgan fingerprint density at radius 3 is 2.58 bits per heavy atom.